The Morgan fingerprint density at radius 1 is 0.851 bits per heavy atom. The average Bonchev–Trinajstić information content (AvgIpc) is 3.66. The van der Waals surface area contributed by atoms with E-state index in [9.17, 15) is 28.8 Å². The Morgan fingerprint density at radius 3 is 2.33 bits per heavy atom. The Morgan fingerprint density at radius 2 is 1.58 bits per heavy atom. The molecule has 0 radical (unpaired) electrons. The van der Waals surface area contributed by atoms with Crippen molar-refractivity contribution in [2.75, 3.05) is 51.6 Å². The summed E-state index contributed by atoms with van der Waals surface area (Å²) in [4.78, 5) is 49.3. The molecule has 15 nitrogen and oxygen atoms in total. The lowest BCUT2D eigenvalue weighted by molar-refractivity contribution is -0.163. The molecule has 0 aromatic heterocycles. The van der Waals surface area contributed by atoms with E-state index in [0.717, 1.165) is 49.7 Å². The monoisotopic (exact) mass is 939 g/mol. The van der Waals surface area contributed by atoms with Crippen LogP contribution in [0.3, 0.4) is 0 Å². The molecule has 0 spiro atoms. The highest BCUT2D eigenvalue weighted by Gasteiger charge is 2.56. The van der Waals surface area contributed by atoms with Crippen molar-refractivity contribution in [2.24, 2.45) is 23.0 Å². The smallest absolute Gasteiger partial charge is 0.379 e. The third-order valence-corrected chi connectivity index (χ3v) is 15.3. The quantitative estimate of drug-likeness (QED) is 0.0242. The number of carbonyl (C=O) groups is 4. The first kappa shape index (κ1) is 49.2. The topological polar surface area (TPSA) is 211 Å². The fourth-order valence-electron chi connectivity index (χ4n) is 10.2. The molecule has 3 aliphatic rings. The minimum absolute atomic E-state index is 0.0326. The second kappa shape index (κ2) is 22.8. The number of rotatable bonds is 23. The van der Waals surface area contributed by atoms with Crippen LogP contribution in [0.2, 0.25) is 0 Å². The van der Waals surface area contributed by atoms with Gasteiger partial charge < -0.3 is 44.9 Å². The van der Waals surface area contributed by atoms with E-state index in [2.05, 4.69) is 29.7 Å². The van der Waals surface area contributed by atoms with Crippen LogP contribution in [0.1, 0.15) is 90.4 Å². The van der Waals surface area contributed by atoms with Crippen molar-refractivity contribution in [3.8, 4) is 17.2 Å². The highest BCUT2D eigenvalue weighted by molar-refractivity contribution is 7.54. The first-order valence-corrected chi connectivity index (χ1v) is 24.8. The number of aromatic hydroxyl groups is 1. The van der Waals surface area contributed by atoms with E-state index < -0.39 is 31.1 Å². The summed E-state index contributed by atoms with van der Waals surface area (Å²) in [5.74, 6) is -0.815. The Hall–Kier alpha value is -5.73. The standard InChI is InChI=1S/C51H62N3O12P/c1-51-25-23-39-38-16-14-37(66-67(60,30-24-34-9-5-3-6-10-34)64-32-35-11-7-4-8-12-35)31-36(38)13-15-40(39)41(51)17-20-44(51)65-47(57)33-63-29-28-62-27-26-53-45(55)21-22-46(56)54-42-18-19-43(61-2)48(49(42)58)50(52)59/h3-12,14,16,18-19,31,39-41,44,58H,13,15,17,20-30,32-33H2,1-2H3,(H2,52,59)(H,53,55)(H,54,56). The Labute approximate surface area is 391 Å². The number of aryl methyl sites for hydroxylation is 2. The van der Waals surface area contributed by atoms with Gasteiger partial charge in [-0.3, -0.25) is 18.9 Å². The zero-order valence-corrected chi connectivity index (χ0v) is 39.1. The highest BCUT2D eigenvalue weighted by Crippen LogP contribution is 2.62. The summed E-state index contributed by atoms with van der Waals surface area (Å²) in [6.07, 6.45) is 6.07. The van der Waals surface area contributed by atoms with Gasteiger partial charge in [0.05, 0.1) is 45.4 Å². The van der Waals surface area contributed by atoms with E-state index in [1.54, 1.807) is 0 Å². The van der Waals surface area contributed by atoms with Crippen molar-refractivity contribution in [1.29, 1.82) is 0 Å². The number of anilines is 1. The van der Waals surface area contributed by atoms with Crippen LogP contribution >= 0.6 is 7.60 Å². The molecule has 6 atom stereocenters. The predicted molar refractivity (Wildman–Crippen MR) is 251 cm³/mol. The van der Waals surface area contributed by atoms with Crippen molar-refractivity contribution < 1.29 is 56.8 Å². The zero-order valence-electron chi connectivity index (χ0n) is 38.2. The van der Waals surface area contributed by atoms with Gasteiger partial charge in [0, 0.05) is 24.8 Å². The third kappa shape index (κ3) is 12.6. The van der Waals surface area contributed by atoms with Gasteiger partial charge in [-0.2, -0.15) is 0 Å². The van der Waals surface area contributed by atoms with Crippen LogP contribution in [-0.4, -0.2) is 81.1 Å². The molecule has 4 aromatic carbocycles. The summed E-state index contributed by atoms with van der Waals surface area (Å²) in [5.41, 5.74) is 9.49. The number of primary amides is 1. The van der Waals surface area contributed by atoms with Crippen LogP contribution in [-0.2, 0) is 57.1 Å². The molecule has 0 heterocycles. The highest BCUT2D eigenvalue weighted by atomic mass is 31.2. The van der Waals surface area contributed by atoms with Crippen molar-refractivity contribution >= 4 is 37.0 Å². The SMILES string of the molecule is COc1ccc(NC(=O)CCC(=O)NCCOCCOCC(=O)OC2CCC3C4CCc5cc(OP(=O)(CCc6ccccc6)OCc6ccccc6)ccc5C4CCC23C)c(O)c1C(N)=O. The van der Waals surface area contributed by atoms with Gasteiger partial charge in [-0.05, 0) is 109 Å². The maximum Gasteiger partial charge on any atom is 0.379 e. The van der Waals surface area contributed by atoms with Crippen molar-refractivity contribution in [1.82, 2.24) is 5.32 Å². The number of nitrogens with one attached hydrogen (secondary N) is 2. The summed E-state index contributed by atoms with van der Waals surface area (Å²) in [7, 11) is -2.19. The number of benzene rings is 4. The van der Waals surface area contributed by atoms with Crippen molar-refractivity contribution in [2.45, 2.75) is 83.3 Å². The molecule has 0 saturated heterocycles. The molecule has 2 fully saturated rings. The van der Waals surface area contributed by atoms with Crippen molar-refractivity contribution in [3.63, 3.8) is 0 Å². The van der Waals surface area contributed by atoms with E-state index in [4.69, 9.17) is 33.7 Å². The lowest BCUT2D eigenvalue weighted by Gasteiger charge is -2.50. The number of esters is 1. The lowest BCUT2D eigenvalue weighted by atomic mass is 9.55. The van der Waals surface area contributed by atoms with E-state index >= 15 is 0 Å². The fraction of sp³-hybridized carbons (Fsp3) is 0.451. The molecule has 2 saturated carbocycles. The molecular weight excluding hydrogens is 878 g/mol. The number of phenols is 1. The van der Waals surface area contributed by atoms with Crippen LogP contribution in [0.15, 0.2) is 91.0 Å². The minimum Gasteiger partial charge on any atom is -0.505 e. The number of amides is 3. The van der Waals surface area contributed by atoms with E-state index in [-0.39, 0.29) is 93.0 Å². The molecule has 5 N–H and O–H groups in total. The van der Waals surface area contributed by atoms with Gasteiger partial charge in [0.2, 0.25) is 11.8 Å². The molecule has 4 aromatic rings. The van der Waals surface area contributed by atoms with Gasteiger partial charge in [-0.1, -0.05) is 73.7 Å². The number of hydrogen-bond acceptors (Lipinski definition) is 12. The first-order valence-electron chi connectivity index (χ1n) is 23.1. The molecule has 0 bridgehead atoms. The van der Waals surface area contributed by atoms with Crippen molar-refractivity contribution in [3.05, 3.63) is 119 Å². The Balaban J connectivity index is 0.803. The average molecular weight is 940 g/mol. The second-order valence-electron chi connectivity index (χ2n) is 17.8. The molecule has 7 rings (SSSR count). The lowest BCUT2D eigenvalue weighted by Crippen LogP contribution is -2.45. The maximum absolute atomic E-state index is 14.3. The van der Waals surface area contributed by atoms with Gasteiger partial charge in [0.25, 0.3) is 5.91 Å². The normalized spacial score (nSPS) is 21.4. The van der Waals surface area contributed by atoms with E-state index in [0.29, 0.717) is 29.9 Å². The molecule has 6 unspecified atom stereocenters. The number of hydrogen-bond donors (Lipinski definition) is 4. The van der Waals surface area contributed by atoms with Gasteiger partial charge in [0.1, 0.15) is 29.8 Å². The minimum atomic E-state index is -3.51. The number of carbonyl (C=O) groups excluding carboxylic acids is 4. The van der Waals surface area contributed by atoms with Crippen LogP contribution in [0, 0.1) is 17.3 Å². The first-order chi connectivity index (χ1) is 32.4. The molecule has 16 heteroatoms. The largest absolute Gasteiger partial charge is 0.505 e. The molecule has 358 valence electrons. The number of ether oxygens (including phenoxy) is 4. The molecule has 3 amide bonds. The van der Waals surface area contributed by atoms with Crippen LogP contribution in [0.25, 0.3) is 0 Å². The van der Waals surface area contributed by atoms with Crippen LogP contribution in [0.5, 0.6) is 17.2 Å². The van der Waals surface area contributed by atoms with Gasteiger partial charge in [-0.15, -0.1) is 0 Å². The van der Waals surface area contributed by atoms with Gasteiger partial charge in [-0.25, -0.2) is 9.36 Å². The zero-order chi connectivity index (χ0) is 47.4. The number of methoxy groups -OCH3 is 1. The fourth-order valence-corrected chi connectivity index (χ4v) is 11.7. The Bertz CT molecular complexity index is 2350. The summed E-state index contributed by atoms with van der Waals surface area (Å²) in [6.45, 7) is 3.09. The van der Waals surface area contributed by atoms with Gasteiger partial charge in [0.15, 0.2) is 5.75 Å². The maximum atomic E-state index is 14.3. The number of fused-ring (bicyclic) bond motifs is 5. The van der Waals surface area contributed by atoms with Crippen LogP contribution < -0.4 is 25.6 Å². The second-order valence-corrected chi connectivity index (χ2v) is 19.9. The van der Waals surface area contributed by atoms with Crippen LogP contribution in [0.4, 0.5) is 5.69 Å². The molecule has 67 heavy (non-hydrogen) atoms. The molecule has 3 aliphatic carbocycles. The summed E-state index contributed by atoms with van der Waals surface area (Å²) in [6, 6.07) is 28.6. The third-order valence-electron chi connectivity index (χ3n) is 13.5. The van der Waals surface area contributed by atoms with Gasteiger partial charge >= 0.3 is 13.6 Å². The number of nitrogens with two attached hydrogens (primary N) is 1. The summed E-state index contributed by atoms with van der Waals surface area (Å²) >= 11 is 0. The Kier molecular flexibility index (Phi) is 16.8. The summed E-state index contributed by atoms with van der Waals surface area (Å²) < 4.78 is 49.0. The predicted octanol–water partition coefficient (Wildman–Crippen LogP) is 7.87. The van der Waals surface area contributed by atoms with E-state index in [1.807, 2.05) is 66.7 Å². The summed E-state index contributed by atoms with van der Waals surface area (Å²) in [5, 5.41) is 15.5. The van der Waals surface area contributed by atoms with E-state index in [1.165, 1.54) is 30.4 Å². The molecule has 0 aliphatic heterocycles. The molecular formula is C51H62N3O12P.